The van der Waals surface area contributed by atoms with Gasteiger partial charge in [0.2, 0.25) is 0 Å². The fourth-order valence-electron chi connectivity index (χ4n) is 2.60. The van der Waals surface area contributed by atoms with Crippen molar-refractivity contribution in [3.8, 4) is 11.4 Å². The molecule has 4 rings (SSSR count). The van der Waals surface area contributed by atoms with Crippen LogP contribution in [-0.4, -0.2) is 15.9 Å². The van der Waals surface area contributed by atoms with Crippen molar-refractivity contribution in [3.63, 3.8) is 0 Å². The molecule has 2 aromatic carbocycles. The smallest absolute Gasteiger partial charge is 0.265 e. The lowest BCUT2D eigenvalue weighted by Gasteiger charge is -2.05. The Kier molecular flexibility index (Phi) is 4.88. The molecule has 2 heterocycles. The molecule has 6 heteroatoms. The molecule has 0 fully saturated rings. The number of nitrogens with zero attached hydrogens (tertiary/aromatic N) is 1. The van der Waals surface area contributed by atoms with Crippen molar-refractivity contribution in [2.45, 2.75) is 6.92 Å². The zero-order valence-electron chi connectivity index (χ0n) is 13.4. The summed E-state index contributed by atoms with van der Waals surface area (Å²) in [5, 5.41) is 4.82. The molecule has 0 radical (unpaired) electrons. The van der Waals surface area contributed by atoms with E-state index >= 15 is 0 Å². The molecule has 0 spiro atoms. The van der Waals surface area contributed by atoms with Crippen LogP contribution >= 0.6 is 23.7 Å². The minimum absolute atomic E-state index is 0. The maximum absolute atomic E-state index is 12.2. The molecule has 2 aromatic heterocycles. The molecule has 0 unspecified atom stereocenters. The second-order valence-corrected chi connectivity index (χ2v) is 6.57. The number of carbonyl (C=O) groups excluding carboxylic acids is 1. The van der Waals surface area contributed by atoms with Crippen molar-refractivity contribution in [3.05, 3.63) is 70.4 Å². The number of thiophene rings is 1. The number of nitrogens with one attached hydrogen (secondary N) is 2. The number of amides is 1. The highest BCUT2D eigenvalue weighted by atomic mass is 35.5. The van der Waals surface area contributed by atoms with E-state index < -0.39 is 0 Å². The van der Waals surface area contributed by atoms with Gasteiger partial charge >= 0.3 is 0 Å². The third-order valence-electron chi connectivity index (χ3n) is 3.78. The minimum Gasteiger partial charge on any atom is -0.338 e. The highest BCUT2D eigenvalue weighted by Gasteiger charge is 2.09. The third-order valence-corrected chi connectivity index (χ3v) is 4.64. The van der Waals surface area contributed by atoms with Gasteiger partial charge < -0.3 is 10.3 Å². The van der Waals surface area contributed by atoms with Gasteiger partial charge in [-0.15, -0.1) is 23.7 Å². The van der Waals surface area contributed by atoms with E-state index in [1.165, 1.54) is 16.9 Å². The van der Waals surface area contributed by atoms with E-state index in [1.807, 2.05) is 53.9 Å². The van der Waals surface area contributed by atoms with Crippen LogP contribution in [-0.2, 0) is 0 Å². The van der Waals surface area contributed by atoms with E-state index in [0.29, 0.717) is 4.88 Å². The van der Waals surface area contributed by atoms with E-state index in [-0.39, 0.29) is 18.3 Å². The Morgan fingerprint density at radius 3 is 2.80 bits per heavy atom. The number of aromatic amines is 1. The van der Waals surface area contributed by atoms with Crippen LogP contribution in [0, 0.1) is 6.92 Å². The molecule has 126 valence electrons. The first kappa shape index (κ1) is 17.2. The van der Waals surface area contributed by atoms with Crippen LogP contribution < -0.4 is 5.32 Å². The number of benzene rings is 2. The topological polar surface area (TPSA) is 57.8 Å². The van der Waals surface area contributed by atoms with Gasteiger partial charge in [-0.2, -0.15) is 0 Å². The number of carbonyl (C=O) groups is 1. The molecular weight excluding hydrogens is 354 g/mol. The molecule has 0 bridgehead atoms. The van der Waals surface area contributed by atoms with Crippen molar-refractivity contribution in [2.75, 3.05) is 5.32 Å². The zero-order valence-corrected chi connectivity index (χ0v) is 15.1. The average molecular weight is 370 g/mol. The number of fused-ring (bicyclic) bond motifs is 1. The van der Waals surface area contributed by atoms with Crippen LogP contribution in [0.25, 0.3) is 22.4 Å². The molecule has 25 heavy (non-hydrogen) atoms. The number of imidazole rings is 1. The summed E-state index contributed by atoms with van der Waals surface area (Å²) in [6.07, 6.45) is 0. The Hall–Kier alpha value is -2.63. The van der Waals surface area contributed by atoms with E-state index in [0.717, 1.165) is 28.1 Å². The largest absolute Gasteiger partial charge is 0.338 e. The predicted molar refractivity (Wildman–Crippen MR) is 106 cm³/mol. The van der Waals surface area contributed by atoms with Gasteiger partial charge in [0.1, 0.15) is 5.82 Å². The number of rotatable bonds is 3. The lowest BCUT2D eigenvalue weighted by atomic mass is 10.2. The van der Waals surface area contributed by atoms with E-state index in [2.05, 4.69) is 28.3 Å². The number of halogens is 1. The van der Waals surface area contributed by atoms with Crippen LogP contribution in [0.4, 0.5) is 5.69 Å². The maximum Gasteiger partial charge on any atom is 0.265 e. The first-order chi connectivity index (χ1) is 11.7. The number of anilines is 1. The average Bonchev–Trinajstić information content (AvgIpc) is 3.24. The molecule has 4 aromatic rings. The quantitative estimate of drug-likeness (QED) is 0.516. The molecule has 0 saturated heterocycles. The van der Waals surface area contributed by atoms with Gasteiger partial charge in [0.25, 0.3) is 5.91 Å². The first-order valence-corrected chi connectivity index (χ1v) is 8.49. The summed E-state index contributed by atoms with van der Waals surface area (Å²) >= 11 is 1.42. The van der Waals surface area contributed by atoms with Crippen molar-refractivity contribution in [2.24, 2.45) is 0 Å². The lowest BCUT2D eigenvalue weighted by molar-refractivity contribution is 0.103. The van der Waals surface area contributed by atoms with Crippen molar-refractivity contribution < 1.29 is 4.79 Å². The summed E-state index contributed by atoms with van der Waals surface area (Å²) in [6, 6.07) is 17.5. The minimum atomic E-state index is -0.0950. The fraction of sp³-hybridized carbons (Fsp3) is 0.0526. The Balaban J connectivity index is 0.00000182. The Labute approximate surface area is 155 Å². The molecule has 4 nitrogen and oxygen atoms in total. The lowest BCUT2D eigenvalue weighted by Crippen LogP contribution is -2.09. The number of aromatic nitrogens is 2. The maximum atomic E-state index is 12.2. The van der Waals surface area contributed by atoms with Gasteiger partial charge in [0, 0.05) is 11.3 Å². The van der Waals surface area contributed by atoms with Gasteiger partial charge in [-0.25, -0.2) is 4.98 Å². The molecule has 0 saturated carbocycles. The molecule has 2 N–H and O–H groups in total. The van der Waals surface area contributed by atoms with E-state index in [1.54, 1.807) is 0 Å². The van der Waals surface area contributed by atoms with Crippen LogP contribution in [0.5, 0.6) is 0 Å². The van der Waals surface area contributed by atoms with Crippen molar-refractivity contribution in [1.29, 1.82) is 0 Å². The number of H-pyrrole nitrogens is 1. The van der Waals surface area contributed by atoms with Gasteiger partial charge in [-0.3, -0.25) is 4.79 Å². The monoisotopic (exact) mass is 369 g/mol. The standard InChI is InChI=1S/C19H15N3OS.ClH/c1-12-7-8-15-16(10-12)22-18(21-15)13-4-2-5-14(11-13)20-19(23)17-6-3-9-24-17;/h2-11H,1H3,(H,20,23)(H,21,22);1H. The van der Waals surface area contributed by atoms with E-state index in [4.69, 9.17) is 0 Å². The summed E-state index contributed by atoms with van der Waals surface area (Å²) in [7, 11) is 0. The van der Waals surface area contributed by atoms with Crippen LogP contribution in [0.15, 0.2) is 60.0 Å². The molecule has 0 aliphatic rings. The summed E-state index contributed by atoms with van der Waals surface area (Å²) in [5.41, 5.74) is 4.83. The third kappa shape index (κ3) is 3.57. The van der Waals surface area contributed by atoms with Gasteiger partial charge in [-0.1, -0.05) is 24.3 Å². The second-order valence-electron chi connectivity index (χ2n) is 5.62. The van der Waals surface area contributed by atoms with Gasteiger partial charge in [0.15, 0.2) is 0 Å². The molecule has 0 aliphatic carbocycles. The number of hydrogen-bond donors (Lipinski definition) is 2. The van der Waals surface area contributed by atoms with Crippen LogP contribution in [0.2, 0.25) is 0 Å². The second kappa shape index (κ2) is 7.09. The molecular formula is C19H16ClN3OS. The van der Waals surface area contributed by atoms with Gasteiger partial charge in [-0.05, 0) is 48.2 Å². The van der Waals surface area contributed by atoms with Gasteiger partial charge in [0.05, 0.1) is 15.9 Å². The Bertz CT molecular complexity index is 1020. The van der Waals surface area contributed by atoms with Crippen LogP contribution in [0.3, 0.4) is 0 Å². The number of aryl methyl sites for hydroxylation is 1. The van der Waals surface area contributed by atoms with Crippen molar-refractivity contribution in [1.82, 2.24) is 9.97 Å². The normalized spacial score (nSPS) is 10.4. The summed E-state index contributed by atoms with van der Waals surface area (Å²) in [4.78, 5) is 20.8. The zero-order chi connectivity index (χ0) is 16.5. The molecule has 1 amide bonds. The summed E-state index contributed by atoms with van der Waals surface area (Å²) < 4.78 is 0. The van der Waals surface area contributed by atoms with Crippen molar-refractivity contribution >= 4 is 46.4 Å². The Morgan fingerprint density at radius 1 is 1.12 bits per heavy atom. The molecule has 0 atom stereocenters. The van der Waals surface area contributed by atoms with E-state index in [9.17, 15) is 4.79 Å². The van der Waals surface area contributed by atoms with Crippen LogP contribution in [0.1, 0.15) is 15.2 Å². The number of hydrogen-bond acceptors (Lipinski definition) is 3. The molecule has 0 aliphatic heterocycles. The first-order valence-electron chi connectivity index (χ1n) is 7.61. The summed E-state index contributed by atoms with van der Waals surface area (Å²) in [6.45, 7) is 2.06. The fourth-order valence-corrected chi connectivity index (χ4v) is 3.22. The highest BCUT2D eigenvalue weighted by molar-refractivity contribution is 7.12. The Morgan fingerprint density at radius 2 is 2.00 bits per heavy atom. The summed E-state index contributed by atoms with van der Waals surface area (Å²) in [5.74, 6) is 0.699. The highest BCUT2D eigenvalue weighted by Crippen LogP contribution is 2.24. The predicted octanol–water partition coefficient (Wildman–Crippen LogP) is 5.27. The SMILES string of the molecule is Cc1ccc2nc(-c3cccc(NC(=O)c4cccs4)c3)[nH]c2c1.Cl.